The Labute approximate surface area is 138 Å². The van der Waals surface area contributed by atoms with Crippen LogP contribution in [0.4, 0.5) is 0 Å². The molecule has 5 heteroatoms. The molecule has 0 N–H and O–H groups in total. The number of carbonyl (C=O) groups excluding carboxylic acids is 1. The van der Waals surface area contributed by atoms with Gasteiger partial charge in [0.25, 0.3) is 5.91 Å². The van der Waals surface area contributed by atoms with Crippen LogP contribution in [0.25, 0.3) is 0 Å². The van der Waals surface area contributed by atoms with E-state index in [1.54, 1.807) is 7.11 Å². The minimum Gasteiger partial charge on any atom is -0.493 e. The number of ether oxygens (including phenoxy) is 2. The van der Waals surface area contributed by atoms with E-state index in [-0.39, 0.29) is 12.5 Å². The number of para-hydroxylation sites is 2. The van der Waals surface area contributed by atoms with Crippen molar-refractivity contribution in [3.05, 3.63) is 24.3 Å². The predicted octanol–water partition coefficient (Wildman–Crippen LogP) is 2.16. The van der Waals surface area contributed by atoms with Crippen LogP contribution in [-0.2, 0) is 4.79 Å². The fourth-order valence-corrected chi connectivity index (χ4v) is 3.57. The highest BCUT2D eigenvalue weighted by Crippen LogP contribution is 2.26. The van der Waals surface area contributed by atoms with Crippen LogP contribution in [0.2, 0.25) is 0 Å². The zero-order chi connectivity index (χ0) is 16.1. The van der Waals surface area contributed by atoms with E-state index in [4.69, 9.17) is 9.47 Å². The highest BCUT2D eigenvalue weighted by molar-refractivity contribution is 5.78. The minimum absolute atomic E-state index is 0.0574. The summed E-state index contributed by atoms with van der Waals surface area (Å²) < 4.78 is 10.9. The van der Waals surface area contributed by atoms with Crippen molar-refractivity contribution in [3.8, 4) is 11.5 Å². The zero-order valence-electron chi connectivity index (χ0n) is 13.9. The van der Waals surface area contributed by atoms with Crippen LogP contribution in [-0.4, -0.2) is 61.6 Å². The van der Waals surface area contributed by atoms with Crippen LogP contribution in [0, 0.1) is 0 Å². The van der Waals surface area contributed by atoms with E-state index in [2.05, 4.69) is 4.90 Å². The first-order chi connectivity index (χ1) is 11.3. The lowest BCUT2D eigenvalue weighted by molar-refractivity contribution is -0.135. The van der Waals surface area contributed by atoms with E-state index < -0.39 is 0 Å². The van der Waals surface area contributed by atoms with Crippen molar-refractivity contribution in [3.63, 3.8) is 0 Å². The molecule has 0 bridgehead atoms. The molecule has 1 amide bonds. The van der Waals surface area contributed by atoms with Crippen LogP contribution in [0.3, 0.4) is 0 Å². The zero-order valence-corrected chi connectivity index (χ0v) is 13.9. The van der Waals surface area contributed by atoms with Gasteiger partial charge in [0, 0.05) is 32.2 Å². The van der Waals surface area contributed by atoms with E-state index in [9.17, 15) is 4.79 Å². The summed E-state index contributed by atoms with van der Waals surface area (Å²) in [5, 5.41) is 0. The molecular weight excluding hydrogens is 292 g/mol. The molecule has 1 heterocycles. The van der Waals surface area contributed by atoms with Gasteiger partial charge >= 0.3 is 0 Å². The first-order valence-corrected chi connectivity index (χ1v) is 8.55. The topological polar surface area (TPSA) is 42.0 Å². The average molecular weight is 318 g/mol. The normalized spacial score (nSPS) is 19.8. The highest BCUT2D eigenvalue weighted by atomic mass is 16.5. The maximum absolute atomic E-state index is 12.3. The molecule has 1 saturated heterocycles. The van der Waals surface area contributed by atoms with E-state index in [0.29, 0.717) is 11.5 Å². The molecular formula is C18H26N2O3. The smallest absolute Gasteiger partial charge is 0.260 e. The number of nitrogens with zero attached hydrogens (tertiary/aromatic N) is 2. The monoisotopic (exact) mass is 318 g/mol. The summed E-state index contributed by atoms with van der Waals surface area (Å²) in [5.41, 5.74) is 0. The van der Waals surface area contributed by atoms with E-state index >= 15 is 0 Å². The SMILES string of the molecule is COc1ccccc1OCC(=O)N1CCN(C2CCCC2)CC1. The van der Waals surface area contributed by atoms with E-state index in [1.807, 2.05) is 29.2 Å². The van der Waals surface area contributed by atoms with Crippen LogP contribution >= 0.6 is 0 Å². The van der Waals surface area contributed by atoms with Crippen LogP contribution in [0.5, 0.6) is 11.5 Å². The van der Waals surface area contributed by atoms with Crippen molar-refractivity contribution in [1.82, 2.24) is 9.80 Å². The van der Waals surface area contributed by atoms with Gasteiger partial charge < -0.3 is 14.4 Å². The highest BCUT2D eigenvalue weighted by Gasteiger charge is 2.27. The molecule has 2 fully saturated rings. The van der Waals surface area contributed by atoms with E-state index in [0.717, 1.165) is 32.2 Å². The second kappa shape index (κ2) is 7.68. The Balaban J connectivity index is 1.46. The van der Waals surface area contributed by atoms with Gasteiger partial charge in [-0.05, 0) is 25.0 Å². The average Bonchev–Trinajstić information content (AvgIpc) is 3.14. The first-order valence-electron chi connectivity index (χ1n) is 8.55. The van der Waals surface area contributed by atoms with Gasteiger partial charge in [-0.3, -0.25) is 9.69 Å². The number of carbonyl (C=O) groups is 1. The summed E-state index contributed by atoms with van der Waals surface area (Å²) in [4.78, 5) is 16.8. The van der Waals surface area contributed by atoms with Gasteiger partial charge in [-0.25, -0.2) is 0 Å². The standard InChI is InChI=1S/C18H26N2O3/c1-22-16-8-4-5-9-17(16)23-14-18(21)20-12-10-19(11-13-20)15-6-2-3-7-15/h4-5,8-9,15H,2-3,6-7,10-14H2,1H3. The number of benzene rings is 1. The Bertz CT molecular complexity index is 521. The molecule has 3 rings (SSSR count). The maximum Gasteiger partial charge on any atom is 0.260 e. The summed E-state index contributed by atoms with van der Waals surface area (Å²) in [6.45, 7) is 3.68. The van der Waals surface area contributed by atoms with Gasteiger partial charge in [0.2, 0.25) is 0 Å². The van der Waals surface area contributed by atoms with Crippen molar-refractivity contribution >= 4 is 5.91 Å². The van der Waals surface area contributed by atoms with Crippen molar-refractivity contribution in [1.29, 1.82) is 0 Å². The number of hydrogen-bond acceptors (Lipinski definition) is 4. The third-order valence-electron chi connectivity index (χ3n) is 4.93. The summed E-state index contributed by atoms with van der Waals surface area (Å²) >= 11 is 0. The summed E-state index contributed by atoms with van der Waals surface area (Å²) in [7, 11) is 1.60. The van der Waals surface area contributed by atoms with Crippen molar-refractivity contribution in [2.24, 2.45) is 0 Å². The molecule has 5 nitrogen and oxygen atoms in total. The molecule has 0 unspecified atom stereocenters. The number of piperazine rings is 1. The lowest BCUT2D eigenvalue weighted by Gasteiger charge is -2.38. The van der Waals surface area contributed by atoms with Gasteiger partial charge in [-0.15, -0.1) is 0 Å². The number of methoxy groups -OCH3 is 1. The van der Waals surface area contributed by atoms with Crippen molar-refractivity contribution in [2.45, 2.75) is 31.7 Å². The van der Waals surface area contributed by atoms with Gasteiger partial charge in [0.15, 0.2) is 18.1 Å². The van der Waals surface area contributed by atoms with Gasteiger partial charge in [-0.2, -0.15) is 0 Å². The molecule has 1 aliphatic carbocycles. The van der Waals surface area contributed by atoms with Crippen molar-refractivity contribution in [2.75, 3.05) is 39.9 Å². The third-order valence-corrected chi connectivity index (χ3v) is 4.93. The second-order valence-corrected chi connectivity index (χ2v) is 6.29. The van der Waals surface area contributed by atoms with Gasteiger partial charge in [0.1, 0.15) is 0 Å². The fraction of sp³-hybridized carbons (Fsp3) is 0.611. The minimum atomic E-state index is 0.0574. The number of hydrogen-bond donors (Lipinski definition) is 0. The molecule has 23 heavy (non-hydrogen) atoms. The molecule has 1 aliphatic heterocycles. The summed E-state index contributed by atoms with van der Waals surface area (Å²) in [5.74, 6) is 1.33. The fourth-order valence-electron chi connectivity index (χ4n) is 3.57. The Kier molecular flexibility index (Phi) is 5.39. The summed E-state index contributed by atoms with van der Waals surface area (Å²) in [6, 6.07) is 8.17. The van der Waals surface area contributed by atoms with Gasteiger partial charge in [0.05, 0.1) is 7.11 Å². The van der Waals surface area contributed by atoms with Crippen LogP contribution in [0.15, 0.2) is 24.3 Å². The van der Waals surface area contributed by atoms with Crippen LogP contribution < -0.4 is 9.47 Å². The first kappa shape index (κ1) is 16.1. The Morgan fingerprint density at radius 2 is 1.74 bits per heavy atom. The van der Waals surface area contributed by atoms with Gasteiger partial charge in [-0.1, -0.05) is 25.0 Å². The predicted molar refractivity (Wildman–Crippen MR) is 88.9 cm³/mol. The molecule has 2 aliphatic rings. The lowest BCUT2D eigenvalue weighted by atomic mass is 10.2. The molecule has 0 atom stereocenters. The Hall–Kier alpha value is -1.75. The lowest BCUT2D eigenvalue weighted by Crippen LogP contribution is -2.52. The Morgan fingerprint density at radius 1 is 1.09 bits per heavy atom. The molecule has 0 radical (unpaired) electrons. The molecule has 1 aromatic carbocycles. The number of amides is 1. The molecule has 1 aromatic rings. The summed E-state index contributed by atoms with van der Waals surface area (Å²) in [6.07, 6.45) is 5.36. The third kappa shape index (κ3) is 3.96. The molecule has 0 spiro atoms. The van der Waals surface area contributed by atoms with E-state index in [1.165, 1.54) is 25.7 Å². The maximum atomic E-state index is 12.3. The number of rotatable bonds is 5. The quantitative estimate of drug-likeness (QED) is 0.834. The van der Waals surface area contributed by atoms with Crippen LogP contribution in [0.1, 0.15) is 25.7 Å². The Morgan fingerprint density at radius 3 is 2.39 bits per heavy atom. The molecule has 0 aromatic heterocycles. The molecule has 126 valence electrons. The van der Waals surface area contributed by atoms with Crippen molar-refractivity contribution < 1.29 is 14.3 Å². The molecule has 1 saturated carbocycles. The second-order valence-electron chi connectivity index (χ2n) is 6.29. The largest absolute Gasteiger partial charge is 0.493 e.